The molecular weight excluding hydrogens is 316 g/mol. The molecule has 1 fully saturated rings. The highest BCUT2D eigenvalue weighted by Crippen LogP contribution is 2.40. The van der Waals surface area contributed by atoms with E-state index in [1.165, 1.54) is 4.90 Å². The molecule has 2 aliphatic rings. The number of aryl methyl sites for hydroxylation is 1. The molecule has 0 N–H and O–H groups in total. The number of benzene rings is 2. The van der Waals surface area contributed by atoms with Crippen LogP contribution in [-0.2, 0) is 9.59 Å². The molecule has 0 aromatic heterocycles. The monoisotopic (exact) mass is 336 g/mol. The Morgan fingerprint density at radius 3 is 2.44 bits per heavy atom. The lowest BCUT2D eigenvalue weighted by molar-refractivity contribution is -0.124. The van der Waals surface area contributed by atoms with Gasteiger partial charge in [-0.2, -0.15) is 0 Å². The van der Waals surface area contributed by atoms with Crippen molar-refractivity contribution in [3.63, 3.8) is 0 Å². The van der Waals surface area contributed by atoms with E-state index in [-0.39, 0.29) is 31.0 Å². The molecule has 2 amide bonds. The fraction of sp³-hybridized carbons (Fsp3) is 0.300. The molecule has 0 spiro atoms. The second kappa shape index (κ2) is 6.24. The first-order valence-corrected chi connectivity index (χ1v) is 8.54. The van der Waals surface area contributed by atoms with E-state index in [2.05, 4.69) is 0 Å². The lowest BCUT2D eigenvalue weighted by Gasteiger charge is -2.36. The predicted molar refractivity (Wildman–Crippen MR) is 96.0 cm³/mol. The smallest absolute Gasteiger partial charge is 0.265 e. The van der Waals surface area contributed by atoms with Crippen molar-refractivity contribution in [2.45, 2.75) is 25.8 Å². The number of hydrogen-bond donors (Lipinski definition) is 0. The van der Waals surface area contributed by atoms with Gasteiger partial charge in [0.1, 0.15) is 12.3 Å². The van der Waals surface area contributed by atoms with Crippen LogP contribution in [-0.4, -0.2) is 31.0 Å². The molecule has 0 atom stereocenters. The van der Waals surface area contributed by atoms with Crippen molar-refractivity contribution in [2.75, 3.05) is 23.0 Å². The van der Waals surface area contributed by atoms with E-state index in [0.717, 1.165) is 29.8 Å². The second-order valence-electron chi connectivity index (χ2n) is 6.57. The van der Waals surface area contributed by atoms with Crippen LogP contribution in [0.15, 0.2) is 48.5 Å². The topological polar surface area (TPSA) is 49.9 Å². The Morgan fingerprint density at radius 2 is 1.76 bits per heavy atom. The van der Waals surface area contributed by atoms with Gasteiger partial charge in [0.05, 0.1) is 11.4 Å². The molecule has 1 aliphatic carbocycles. The third-order valence-electron chi connectivity index (χ3n) is 4.59. The minimum Gasteiger partial charge on any atom is -0.484 e. The van der Waals surface area contributed by atoms with Gasteiger partial charge < -0.3 is 9.64 Å². The minimum atomic E-state index is -0.211. The SMILES string of the molecule is Cc1ccc(OCC(=O)N2CC(=O)N(C3CC3)c3ccccc32)cc1. The van der Waals surface area contributed by atoms with E-state index in [0.29, 0.717) is 5.75 Å². The zero-order chi connectivity index (χ0) is 17.4. The first-order valence-electron chi connectivity index (χ1n) is 8.54. The first kappa shape index (κ1) is 15.7. The molecule has 0 saturated heterocycles. The highest BCUT2D eigenvalue weighted by atomic mass is 16.5. The zero-order valence-corrected chi connectivity index (χ0v) is 14.1. The predicted octanol–water partition coefficient (Wildman–Crippen LogP) is 2.92. The van der Waals surface area contributed by atoms with Crippen LogP contribution in [0.4, 0.5) is 11.4 Å². The molecule has 4 rings (SSSR count). The number of carbonyl (C=O) groups excluding carboxylic acids is 2. The Bertz CT molecular complexity index is 812. The number of amides is 2. The summed E-state index contributed by atoms with van der Waals surface area (Å²) < 4.78 is 5.60. The summed E-state index contributed by atoms with van der Waals surface area (Å²) >= 11 is 0. The fourth-order valence-corrected chi connectivity index (χ4v) is 3.14. The summed E-state index contributed by atoms with van der Waals surface area (Å²) in [6.07, 6.45) is 2.06. The van der Waals surface area contributed by atoms with Gasteiger partial charge in [0, 0.05) is 6.04 Å². The van der Waals surface area contributed by atoms with Gasteiger partial charge in [0.15, 0.2) is 6.61 Å². The maximum atomic E-state index is 12.7. The Kier molecular flexibility index (Phi) is 3.92. The molecular formula is C20H20N2O3. The molecule has 128 valence electrons. The summed E-state index contributed by atoms with van der Waals surface area (Å²) in [6.45, 7) is 1.98. The van der Waals surface area contributed by atoms with E-state index < -0.39 is 0 Å². The molecule has 0 bridgehead atoms. The van der Waals surface area contributed by atoms with Crippen molar-refractivity contribution in [1.29, 1.82) is 0 Å². The summed E-state index contributed by atoms with van der Waals surface area (Å²) in [5.74, 6) is 0.414. The number of ether oxygens (including phenoxy) is 1. The molecule has 5 heteroatoms. The van der Waals surface area contributed by atoms with Crippen molar-refractivity contribution in [2.24, 2.45) is 0 Å². The number of nitrogens with zero attached hydrogens (tertiary/aromatic N) is 2. The van der Waals surface area contributed by atoms with Crippen LogP contribution in [0.5, 0.6) is 5.75 Å². The standard InChI is InChI=1S/C20H20N2O3/c1-14-6-10-16(11-7-14)25-13-20(24)21-12-19(23)22(15-8-9-15)18-5-3-2-4-17(18)21/h2-7,10-11,15H,8-9,12-13H2,1H3. The van der Waals surface area contributed by atoms with Crippen LogP contribution in [0.1, 0.15) is 18.4 Å². The lowest BCUT2D eigenvalue weighted by Crippen LogP contribution is -2.50. The maximum absolute atomic E-state index is 12.7. The van der Waals surface area contributed by atoms with Crippen LogP contribution in [0.2, 0.25) is 0 Å². The van der Waals surface area contributed by atoms with Gasteiger partial charge in [-0.05, 0) is 44.0 Å². The van der Waals surface area contributed by atoms with Crippen LogP contribution >= 0.6 is 0 Å². The summed E-state index contributed by atoms with van der Waals surface area (Å²) in [5, 5.41) is 0. The minimum absolute atomic E-state index is 0.0233. The molecule has 0 radical (unpaired) electrons. The molecule has 2 aromatic carbocycles. The van der Waals surface area contributed by atoms with E-state index in [1.807, 2.05) is 60.4 Å². The van der Waals surface area contributed by atoms with Gasteiger partial charge >= 0.3 is 0 Å². The van der Waals surface area contributed by atoms with E-state index in [1.54, 1.807) is 0 Å². The van der Waals surface area contributed by atoms with Crippen LogP contribution in [0.3, 0.4) is 0 Å². The number of anilines is 2. The normalized spacial score (nSPS) is 16.6. The maximum Gasteiger partial charge on any atom is 0.265 e. The van der Waals surface area contributed by atoms with Crippen LogP contribution in [0, 0.1) is 6.92 Å². The van der Waals surface area contributed by atoms with Gasteiger partial charge in [-0.25, -0.2) is 0 Å². The van der Waals surface area contributed by atoms with Gasteiger partial charge in [0.25, 0.3) is 5.91 Å². The Labute approximate surface area is 146 Å². The summed E-state index contributed by atoms with van der Waals surface area (Å²) in [4.78, 5) is 28.6. The van der Waals surface area contributed by atoms with Gasteiger partial charge in [0.2, 0.25) is 5.91 Å². The molecule has 25 heavy (non-hydrogen) atoms. The van der Waals surface area contributed by atoms with Crippen LogP contribution < -0.4 is 14.5 Å². The van der Waals surface area contributed by atoms with Crippen molar-refractivity contribution < 1.29 is 14.3 Å². The summed E-state index contributed by atoms with van der Waals surface area (Å²) in [6, 6.07) is 15.4. The molecule has 1 heterocycles. The van der Waals surface area contributed by atoms with Crippen molar-refractivity contribution in [1.82, 2.24) is 0 Å². The molecule has 5 nitrogen and oxygen atoms in total. The number of carbonyl (C=O) groups is 2. The zero-order valence-electron chi connectivity index (χ0n) is 14.1. The number of fused-ring (bicyclic) bond motifs is 1. The van der Waals surface area contributed by atoms with Gasteiger partial charge in [-0.15, -0.1) is 0 Å². The average molecular weight is 336 g/mol. The van der Waals surface area contributed by atoms with E-state index in [4.69, 9.17) is 4.74 Å². The summed E-state index contributed by atoms with van der Waals surface area (Å²) in [7, 11) is 0. The lowest BCUT2D eigenvalue weighted by atomic mass is 10.1. The second-order valence-corrected chi connectivity index (χ2v) is 6.57. The van der Waals surface area contributed by atoms with E-state index in [9.17, 15) is 9.59 Å². The fourth-order valence-electron chi connectivity index (χ4n) is 3.14. The van der Waals surface area contributed by atoms with Gasteiger partial charge in [-0.3, -0.25) is 14.5 Å². The number of hydrogen-bond acceptors (Lipinski definition) is 3. The largest absolute Gasteiger partial charge is 0.484 e. The molecule has 1 saturated carbocycles. The third kappa shape index (κ3) is 3.09. The Hall–Kier alpha value is -2.82. The first-order chi connectivity index (χ1) is 12.1. The highest BCUT2D eigenvalue weighted by Gasteiger charge is 2.40. The molecule has 0 unspecified atom stereocenters. The molecule has 2 aromatic rings. The number of para-hydroxylation sites is 2. The molecule has 1 aliphatic heterocycles. The highest BCUT2D eigenvalue weighted by molar-refractivity contribution is 6.11. The van der Waals surface area contributed by atoms with E-state index >= 15 is 0 Å². The third-order valence-corrected chi connectivity index (χ3v) is 4.59. The Morgan fingerprint density at radius 1 is 1.08 bits per heavy atom. The average Bonchev–Trinajstić information content (AvgIpc) is 3.45. The number of rotatable bonds is 4. The van der Waals surface area contributed by atoms with Crippen molar-refractivity contribution in [3.8, 4) is 5.75 Å². The Balaban J connectivity index is 1.53. The quantitative estimate of drug-likeness (QED) is 0.862. The summed E-state index contributed by atoms with van der Waals surface area (Å²) in [5.41, 5.74) is 2.74. The van der Waals surface area contributed by atoms with Gasteiger partial charge in [-0.1, -0.05) is 29.8 Å². The van der Waals surface area contributed by atoms with Crippen molar-refractivity contribution >= 4 is 23.2 Å². The van der Waals surface area contributed by atoms with Crippen LogP contribution in [0.25, 0.3) is 0 Å². The van der Waals surface area contributed by atoms with Crippen molar-refractivity contribution in [3.05, 3.63) is 54.1 Å².